The first-order chi connectivity index (χ1) is 10.6. The largest absolute Gasteiger partial charge is 0.371 e. The Morgan fingerprint density at radius 1 is 1.14 bits per heavy atom. The Balaban J connectivity index is 1.60. The van der Waals surface area contributed by atoms with Crippen LogP contribution in [0.5, 0.6) is 0 Å². The van der Waals surface area contributed by atoms with Gasteiger partial charge in [-0.2, -0.15) is 0 Å². The summed E-state index contributed by atoms with van der Waals surface area (Å²) in [6, 6.07) is 10.7. The molecule has 1 fully saturated rings. The predicted octanol–water partition coefficient (Wildman–Crippen LogP) is 3.34. The van der Waals surface area contributed by atoms with Crippen molar-refractivity contribution in [1.82, 2.24) is 9.97 Å². The van der Waals surface area contributed by atoms with Gasteiger partial charge in [-0.25, -0.2) is 9.97 Å². The van der Waals surface area contributed by atoms with E-state index in [-0.39, 0.29) is 0 Å². The average Bonchev–Trinajstić information content (AvgIpc) is 2.99. The van der Waals surface area contributed by atoms with Gasteiger partial charge in [-0.15, -0.1) is 0 Å². The molecule has 22 heavy (non-hydrogen) atoms. The number of benzene rings is 1. The summed E-state index contributed by atoms with van der Waals surface area (Å²) < 4.78 is 0. The fraction of sp³-hybridized carbons (Fsp3) is 0.444. The van der Waals surface area contributed by atoms with E-state index in [1.165, 1.54) is 12.1 Å². The molecule has 0 unspecified atom stereocenters. The molecule has 4 heteroatoms. The van der Waals surface area contributed by atoms with Gasteiger partial charge in [0.1, 0.15) is 11.6 Å². The van der Waals surface area contributed by atoms with Gasteiger partial charge >= 0.3 is 0 Å². The van der Waals surface area contributed by atoms with Crippen molar-refractivity contribution >= 4 is 11.5 Å². The van der Waals surface area contributed by atoms with Crippen molar-refractivity contribution in [3.05, 3.63) is 47.4 Å². The Bertz CT molecular complexity index is 639. The van der Waals surface area contributed by atoms with Gasteiger partial charge in [0.05, 0.1) is 0 Å². The van der Waals surface area contributed by atoms with Crippen LogP contribution in [0.15, 0.2) is 30.3 Å². The molecular weight excluding hydrogens is 272 g/mol. The number of aryl methyl sites for hydroxylation is 2. The summed E-state index contributed by atoms with van der Waals surface area (Å²) in [6.07, 6.45) is 1.23. The first kappa shape index (κ1) is 14.8. The molecule has 116 valence electrons. The fourth-order valence-corrected chi connectivity index (χ4v) is 3.05. The number of hydrogen-bond donors (Lipinski definition) is 1. The molecule has 3 rings (SSSR count). The number of rotatable bonds is 4. The van der Waals surface area contributed by atoms with Crippen molar-refractivity contribution in [2.24, 2.45) is 5.92 Å². The second-order valence-corrected chi connectivity index (χ2v) is 6.15. The maximum absolute atomic E-state index is 4.54. The highest BCUT2D eigenvalue weighted by atomic mass is 15.2. The second kappa shape index (κ2) is 6.34. The van der Waals surface area contributed by atoms with Crippen LogP contribution < -0.4 is 10.2 Å². The lowest BCUT2D eigenvalue weighted by molar-refractivity contribution is 0.620. The zero-order valence-electron chi connectivity index (χ0n) is 13.6. The maximum Gasteiger partial charge on any atom is 0.132 e. The molecule has 0 spiro atoms. The average molecular weight is 296 g/mol. The second-order valence-electron chi connectivity index (χ2n) is 6.15. The molecule has 1 aromatic heterocycles. The molecule has 1 aliphatic heterocycles. The Hall–Kier alpha value is -2.10. The van der Waals surface area contributed by atoms with Gasteiger partial charge in [0, 0.05) is 36.6 Å². The molecule has 1 atom stereocenters. The third kappa shape index (κ3) is 3.21. The third-order valence-corrected chi connectivity index (χ3v) is 4.47. The lowest BCUT2D eigenvalue weighted by atomic mass is 10.1. The van der Waals surface area contributed by atoms with Crippen LogP contribution in [0.4, 0.5) is 11.5 Å². The van der Waals surface area contributed by atoms with Gasteiger partial charge < -0.3 is 10.2 Å². The number of anilines is 2. The first-order valence-electron chi connectivity index (χ1n) is 7.99. The Morgan fingerprint density at radius 3 is 2.68 bits per heavy atom. The first-order valence-corrected chi connectivity index (χ1v) is 7.99. The highest BCUT2D eigenvalue weighted by Gasteiger charge is 2.22. The molecule has 0 bridgehead atoms. The summed E-state index contributed by atoms with van der Waals surface area (Å²) in [6.45, 7) is 9.30. The quantitative estimate of drug-likeness (QED) is 0.939. The van der Waals surface area contributed by atoms with Gasteiger partial charge in [-0.1, -0.05) is 18.2 Å². The summed E-state index contributed by atoms with van der Waals surface area (Å²) in [4.78, 5) is 11.4. The molecule has 2 heterocycles. The van der Waals surface area contributed by atoms with E-state index in [2.05, 4.69) is 57.4 Å². The van der Waals surface area contributed by atoms with Crippen LogP contribution in [0.2, 0.25) is 0 Å². The van der Waals surface area contributed by atoms with Gasteiger partial charge in [-0.05, 0) is 45.2 Å². The van der Waals surface area contributed by atoms with Crippen LogP contribution >= 0.6 is 0 Å². The van der Waals surface area contributed by atoms with E-state index in [1.807, 2.05) is 13.8 Å². The molecule has 1 aromatic carbocycles. The SMILES string of the molecule is Cc1nc(C)c(C)c(NC[C@@H]2CCN(c3ccccc3)C2)n1. The number of hydrogen-bond acceptors (Lipinski definition) is 4. The normalized spacial score (nSPS) is 17.8. The lowest BCUT2D eigenvalue weighted by Crippen LogP contribution is -2.23. The Labute approximate surface area is 132 Å². The molecule has 4 nitrogen and oxygen atoms in total. The molecule has 1 N–H and O–H groups in total. The van der Waals surface area contributed by atoms with Crippen molar-refractivity contribution in [2.45, 2.75) is 27.2 Å². The van der Waals surface area contributed by atoms with E-state index in [4.69, 9.17) is 0 Å². The van der Waals surface area contributed by atoms with E-state index in [9.17, 15) is 0 Å². The van der Waals surface area contributed by atoms with E-state index >= 15 is 0 Å². The van der Waals surface area contributed by atoms with Crippen LogP contribution in [0, 0.1) is 26.7 Å². The van der Waals surface area contributed by atoms with Crippen molar-refractivity contribution in [1.29, 1.82) is 0 Å². The summed E-state index contributed by atoms with van der Waals surface area (Å²) in [7, 11) is 0. The molecule has 0 aliphatic carbocycles. The Morgan fingerprint density at radius 2 is 1.91 bits per heavy atom. The van der Waals surface area contributed by atoms with Crippen LogP contribution in [0.1, 0.15) is 23.5 Å². The molecule has 1 aliphatic rings. The molecule has 2 aromatic rings. The van der Waals surface area contributed by atoms with Crippen LogP contribution in [-0.4, -0.2) is 29.6 Å². The lowest BCUT2D eigenvalue weighted by Gasteiger charge is -2.19. The maximum atomic E-state index is 4.54. The summed E-state index contributed by atoms with van der Waals surface area (Å²) in [5, 5.41) is 3.53. The minimum atomic E-state index is 0.662. The zero-order valence-corrected chi connectivity index (χ0v) is 13.6. The summed E-state index contributed by atoms with van der Waals surface area (Å²) in [5.74, 6) is 2.49. The highest BCUT2D eigenvalue weighted by molar-refractivity contribution is 5.48. The van der Waals surface area contributed by atoms with E-state index in [1.54, 1.807) is 0 Å². The fourth-order valence-electron chi connectivity index (χ4n) is 3.05. The predicted molar refractivity (Wildman–Crippen MR) is 91.5 cm³/mol. The van der Waals surface area contributed by atoms with Gasteiger partial charge in [0.25, 0.3) is 0 Å². The molecule has 0 radical (unpaired) electrons. The van der Waals surface area contributed by atoms with Crippen LogP contribution in [-0.2, 0) is 0 Å². The molecule has 0 amide bonds. The molecular formula is C18H24N4. The summed E-state index contributed by atoms with van der Waals surface area (Å²) >= 11 is 0. The topological polar surface area (TPSA) is 41.1 Å². The van der Waals surface area contributed by atoms with Crippen LogP contribution in [0.25, 0.3) is 0 Å². The van der Waals surface area contributed by atoms with Crippen molar-refractivity contribution in [3.63, 3.8) is 0 Å². The van der Waals surface area contributed by atoms with Gasteiger partial charge in [0.2, 0.25) is 0 Å². The minimum absolute atomic E-state index is 0.662. The van der Waals surface area contributed by atoms with E-state index < -0.39 is 0 Å². The molecule has 0 saturated carbocycles. The smallest absolute Gasteiger partial charge is 0.132 e. The number of nitrogens with zero attached hydrogens (tertiary/aromatic N) is 3. The number of aromatic nitrogens is 2. The molecule has 1 saturated heterocycles. The van der Waals surface area contributed by atoms with Crippen molar-refractivity contribution in [3.8, 4) is 0 Å². The van der Waals surface area contributed by atoms with Gasteiger partial charge in [-0.3, -0.25) is 0 Å². The van der Waals surface area contributed by atoms with Crippen molar-refractivity contribution in [2.75, 3.05) is 29.9 Å². The van der Waals surface area contributed by atoms with Gasteiger partial charge in [0.15, 0.2) is 0 Å². The standard InChI is InChI=1S/C18H24N4/c1-13-14(2)20-15(3)21-18(13)19-11-16-9-10-22(12-16)17-7-5-4-6-8-17/h4-8,16H,9-12H2,1-3H3,(H,19,20,21)/t16-/m0/s1. The highest BCUT2D eigenvalue weighted by Crippen LogP contribution is 2.24. The Kier molecular flexibility index (Phi) is 4.27. The van der Waals surface area contributed by atoms with Crippen LogP contribution in [0.3, 0.4) is 0 Å². The minimum Gasteiger partial charge on any atom is -0.371 e. The van der Waals surface area contributed by atoms with E-state index in [0.717, 1.165) is 42.5 Å². The van der Waals surface area contributed by atoms with E-state index in [0.29, 0.717) is 5.92 Å². The van der Waals surface area contributed by atoms with Crippen molar-refractivity contribution < 1.29 is 0 Å². The number of nitrogens with one attached hydrogen (secondary N) is 1. The zero-order chi connectivity index (χ0) is 15.5. The number of para-hydroxylation sites is 1. The monoisotopic (exact) mass is 296 g/mol. The summed E-state index contributed by atoms with van der Waals surface area (Å²) in [5.41, 5.74) is 3.55. The third-order valence-electron chi connectivity index (χ3n) is 4.47.